The van der Waals surface area contributed by atoms with Crippen molar-refractivity contribution in [3.05, 3.63) is 53.1 Å². The van der Waals surface area contributed by atoms with Crippen LogP contribution in [0.2, 0.25) is 0 Å². The minimum Gasteiger partial charge on any atom is -0.350 e. The van der Waals surface area contributed by atoms with Gasteiger partial charge in [0.25, 0.3) is 0 Å². The molecule has 1 N–H and O–H groups in total. The Kier molecular flexibility index (Phi) is 5.53. The summed E-state index contributed by atoms with van der Waals surface area (Å²) in [5.41, 5.74) is 2.96. The number of nitrogens with one attached hydrogen (secondary N) is 1. The second-order valence-corrected chi connectivity index (χ2v) is 7.69. The third kappa shape index (κ3) is 4.56. The van der Waals surface area contributed by atoms with Gasteiger partial charge in [-0.3, -0.25) is 14.4 Å². The third-order valence-electron chi connectivity index (χ3n) is 5.71. The van der Waals surface area contributed by atoms with E-state index in [4.69, 9.17) is 0 Å². The van der Waals surface area contributed by atoms with Crippen LogP contribution in [-0.2, 0) is 30.8 Å². The van der Waals surface area contributed by atoms with Crippen LogP contribution >= 0.6 is 0 Å². The first-order valence-corrected chi connectivity index (χ1v) is 9.98. The van der Waals surface area contributed by atoms with Crippen LogP contribution < -0.4 is 5.32 Å². The largest absolute Gasteiger partial charge is 0.350 e. The van der Waals surface area contributed by atoms with Gasteiger partial charge >= 0.3 is 0 Å². The Labute approximate surface area is 159 Å². The number of fused-ring (bicyclic) bond motifs is 1. The Hall–Kier alpha value is -2.21. The number of rotatable bonds is 5. The fourth-order valence-electron chi connectivity index (χ4n) is 4.23. The number of hydrogen-bond acceptors (Lipinski definition) is 3. The maximum Gasteiger partial charge on any atom is 0.224 e. The molecule has 0 atom stereocenters. The summed E-state index contributed by atoms with van der Waals surface area (Å²) in [6, 6.07) is 8.89. The predicted molar refractivity (Wildman–Crippen MR) is 101 cm³/mol. The number of aromatic nitrogens is 2. The molecular formula is C21H27FN4O. The molecule has 1 aliphatic heterocycles. The van der Waals surface area contributed by atoms with Crippen LogP contribution in [0.4, 0.5) is 4.39 Å². The molecule has 2 aromatic rings. The number of carbonyl (C=O) groups excluding carboxylic acids is 1. The van der Waals surface area contributed by atoms with Gasteiger partial charge in [-0.05, 0) is 36.6 Å². The summed E-state index contributed by atoms with van der Waals surface area (Å²) in [7, 11) is 0. The van der Waals surface area contributed by atoms with Crippen molar-refractivity contribution in [1.82, 2.24) is 20.0 Å². The number of benzene rings is 1. The molecule has 0 unspecified atom stereocenters. The van der Waals surface area contributed by atoms with Gasteiger partial charge in [0.2, 0.25) is 5.91 Å². The SMILES string of the molecule is O=C(Cc1ccc(F)cc1)NCc1cc2n(n1)CCN(C1CCCCC1)C2. The van der Waals surface area contributed by atoms with E-state index in [0.29, 0.717) is 6.54 Å². The van der Waals surface area contributed by atoms with Crippen LogP contribution in [0, 0.1) is 5.82 Å². The van der Waals surface area contributed by atoms with E-state index in [0.717, 1.165) is 36.9 Å². The molecule has 2 aliphatic rings. The molecule has 1 amide bonds. The van der Waals surface area contributed by atoms with Gasteiger partial charge in [0, 0.05) is 19.1 Å². The zero-order valence-corrected chi connectivity index (χ0v) is 15.7. The van der Waals surface area contributed by atoms with Gasteiger partial charge in [-0.15, -0.1) is 0 Å². The van der Waals surface area contributed by atoms with Crippen LogP contribution in [0.3, 0.4) is 0 Å². The van der Waals surface area contributed by atoms with Crippen molar-refractivity contribution in [2.24, 2.45) is 0 Å². The molecule has 0 spiro atoms. The van der Waals surface area contributed by atoms with E-state index < -0.39 is 0 Å². The predicted octanol–water partition coefficient (Wildman–Crippen LogP) is 3.03. The van der Waals surface area contributed by atoms with E-state index in [1.54, 1.807) is 12.1 Å². The molecule has 144 valence electrons. The first-order chi connectivity index (χ1) is 13.2. The summed E-state index contributed by atoms with van der Waals surface area (Å²) in [6.45, 7) is 3.38. The first-order valence-electron chi connectivity index (χ1n) is 9.98. The first kappa shape index (κ1) is 18.2. The normalized spacial score (nSPS) is 18.3. The molecule has 1 aromatic carbocycles. The molecule has 0 saturated heterocycles. The van der Waals surface area contributed by atoms with Gasteiger partial charge in [0.1, 0.15) is 5.82 Å². The highest BCUT2D eigenvalue weighted by Crippen LogP contribution is 2.26. The Morgan fingerprint density at radius 2 is 1.93 bits per heavy atom. The Bertz CT molecular complexity index is 780. The van der Waals surface area contributed by atoms with Crippen molar-refractivity contribution in [1.29, 1.82) is 0 Å². The van der Waals surface area contributed by atoms with Crippen LogP contribution in [0.5, 0.6) is 0 Å². The van der Waals surface area contributed by atoms with Gasteiger partial charge in [-0.2, -0.15) is 5.10 Å². The van der Waals surface area contributed by atoms with E-state index in [1.165, 1.54) is 49.9 Å². The van der Waals surface area contributed by atoms with E-state index in [9.17, 15) is 9.18 Å². The maximum atomic E-state index is 12.9. The smallest absolute Gasteiger partial charge is 0.224 e. The van der Waals surface area contributed by atoms with Crippen molar-refractivity contribution in [3.63, 3.8) is 0 Å². The second kappa shape index (κ2) is 8.21. The van der Waals surface area contributed by atoms with Crippen LogP contribution in [-0.4, -0.2) is 33.2 Å². The molecule has 2 heterocycles. The summed E-state index contributed by atoms with van der Waals surface area (Å²) >= 11 is 0. The van der Waals surface area contributed by atoms with E-state index in [-0.39, 0.29) is 18.1 Å². The van der Waals surface area contributed by atoms with E-state index in [2.05, 4.69) is 26.1 Å². The number of carbonyl (C=O) groups is 1. The molecule has 1 aromatic heterocycles. The average Bonchev–Trinajstić information content (AvgIpc) is 3.11. The number of nitrogens with zero attached hydrogens (tertiary/aromatic N) is 3. The van der Waals surface area contributed by atoms with Crippen molar-refractivity contribution in [3.8, 4) is 0 Å². The molecule has 1 saturated carbocycles. The summed E-state index contributed by atoms with van der Waals surface area (Å²) in [5.74, 6) is -0.360. The Balaban J connectivity index is 1.30. The lowest BCUT2D eigenvalue weighted by molar-refractivity contribution is -0.120. The lowest BCUT2D eigenvalue weighted by Gasteiger charge is -2.36. The highest BCUT2D eigenvalue weighted by molar-refractivity contribution is 5.78. The summed E-state index contributed by atoms with van der Waals surface area (Å²) < 4.78 is 15.0. The zero-order chi connectivity index (χ0) is 18.6. The minimum absolute atomic E-state index is 0.0728. The van der Waals surface area contributed by atoms with Crippen LogP contribution in [0.1, 0.15) is 49.1 Å². The fourth-order valence-corrected chi connectivity index (χ4v) is 4.23. The number of amides is 1. The molecule has 6 heteroatoms. The minimum atomic E-state index is -0.287. The fraction of sp³-hybridized carbons (Fsp3) is 0.524. The molecule has 0 bridgehead atoms. The topological polar surface area (TPSA) is 50.2 Å². The zero-order valence-electron chi connectivity index (χ0n) is 15.7. The second-order valence-electron chi connectivity index (χ2n) is 7.69. The van der Waals surface area contributed by atoms with Crippen molar-refractivity contribution in [2.75, 3.05) is 6.54 Å². The molecular weight excluding hydrogens is 343 g/mol. The van der Waals surface area contributed by atoms with Gasteiger partial charge in [0.05, 0.1) is 30.9 Å². The summed E-state index contributed by atoms with van der Waals surface area (Å²) in [6.07, 6.45) is 6.98. The van der Waals surface area contributed by atoms with Crippen molar-refractivity contribution in [2.45, 2.75) is 64.2 Å². The highest BCUT2D eigenvalue weighted by atomic mass is 19.1. The average molecular weight is 370 g/mol. The summed E-state index contributed by atoms with van der Waals surface area (Å²) in [5, 5.41) is 7.57. The Morgan fingerprint density at radius 3 is 2.70 bits per heavy atom. The monoisotopic (exact) mass is 370 g/mol. The Morgan fingerprint density at radius 1 is 1.15 bits per heavy atom. The van der Waals surface area contributed by atoms with Gasteiger partial charge in [-0.25, -0.2) is 4.39 Å². The van der Waals surface area contributed by atoms with Gasteiger partial charge < -0.3 is 5.32 Å². The van der Waals surface area contributed by atoms with Gasteiger partial charge in [0.15, 0.2) is 0 Å². The number of halogens is 1. The molecule has 1 aliphatic carbocycles. The lowest BCUT2D eigenvalue weighted by Crippen LogP contribution is -2.42. The quantitative estimate of drug-likeness (QED) is 0.880. The molecule has 5 nitrogen and oxygen atoms in total. The third-order valence-corrected chi connectivity index (χ3v) is 5.71. The van der Waals surface area contributed by atoms with E-state index in [1.807, 2.05) is 0 Å². The van der Waals surface area contributed by atoms with Crippen LogP contribution in [0.25, 0.3) is 0 Å². The van der Waals surface area contributed by atoms with Gasteiger partial charge in [-0.1, -0.05) is 31.4 Å². The highest BCUT2D eigenvalue weighted by Gasteiger charge is 2.25. The molecule has 1 fully saturated rings. The van der Waals surface area contributed by atoms with Crippen molar-refractivity contribution >= 4 is 5.91 Å². The maximum absolute atomic E-state index is 12.9. The molecule has 4 rings (SSSR count). The van der Waals surface area contributed by atoms with Crippen molar-refractivity contribution < 1.29 is 9.18 Å². The van der Waals surface area contributed by atoms with E-state index >= 15 is 0 Å². The molecule has 27 heavy (non-hydrogen) atoms. The number of hydrogen-bond donors (Lipinski definition) is 1. The molecule has 0 radical (unpaired) electrons. The standard InChI is InChI=1S/C21H27FN4O/c22-17-8-6-16(7-9-17)12-21(27)23-14-18-13-20-15-25(10-11-26(20)24-18)19-4-2-1-3-5-19/h6-9,13,19H,1-5,10-12,14-15H2,(H,23,27). The van der Waals surface area contributed by atoms with Crippen LogP contribution in [0.15, 0.2) is 30.3 Å². The lowest BCUT2D eigenvalue weighted by atomic mass is 9.94. The summed E-state index contributed by atoms with van der Waals surface area (Å²) in [4.78, 5) is 14.7.